The minimum atomic E-state index is -0.573. The van der Waals surface area contributed by atoms with Crippen molar-refractivity contribution in [1.29, 1.82) is 0 Å². The van der Waals surface area contributed by atoms with E-state index in [1.807, 2.05) is 20.8 Å². The molecule has 3 rings (SSSR count). The van der Waals surface area contributed by atoms with E-state index in [2.05, 4.69) is 19.1 Å². The van der Waals surface area contributed by atoms with Crippen molar-refractivity contribution in [2.45, 2.75) is 45.8 Å². The zero-order valence-electron chi connectivity index (χ0n) is 14.0. The van der Waals surface area contributed by atoms with Crippen LogP contribution in [0.25, 0.3) is 0 Å². The number of hydrogen-bond donors (Lipinski definition) is 0. The molecule has 5 nitrogen and oxygen atoms in total. The van der Waals surface area contributed by atoms with Crippen LogP contribution in [0.2, 0.25) is 0 Å². The summed E-state index contributed by atoms with van der Waals surface area (Å²) in [5, 5.41) is 0. The minimum absolute atomic E-state index is 0.0817. The van der Waals surface area contributed by atoms with Gasteiger partial charge in [0.05, 0.1) is 7.11 Å². The molecule has 2 aliphatic carbocycles. The minimum Gasteiger partial charge on any atom is -0.467 e. The van der Waals surface area contributed by atoms with E-state index in [-0.39, 0.29) is 17.3 Å². The topological polar surface area (TPSA) is 55.8 Å². The van der Waals surface area contributed by atoms with Crippen molar-refractivity contribution in [1.82, 2.24) is 4.90 Å². The Balaban J connectivity index is 1.89. The van der Waals surface area contributed by atoms with Crippen molar-refractivity contribution < 1.29 is 19.1 Å². The van der Waals surface area contributed by atoms with E-state index in [4.69, 9.17) is 9.47 Å². The maximum atomic E-state index is 12.5. The molecule has 3 aliphatic rings. The highest BCUT2D eigenvalue weighted by Gasteiger charge is 2.63. The lowest BCUT2D eigenvalue weighted by Crippen LogP contribution is -2.47. The van der Waals surface area contributed by atoms with Crippen LogP contribution >= 0.6 is 0 Å². The number of carbonyl (C=O) groups is 2. The molecule has 1 amide bonds. The van der Waals surface area contributed by atoms with Gasteiger partial charge in [-0.15, -0.1) is 0 Å². The van der Waals surface area contributed by atoms with Gasteiger partial charge in [0.2, 0.25) is 0 Å². The number of carbonyl (C=O) groups excluding carboxylic acids is 2. The third-order valence-corrected chi connectivity index (χ3v) is 5.37. The van der Waals surface area contributed by atoms with Crippen LogP contribution in [0.1, 0.15) is 34.1 Å². The molecular formula is C17H25NO4. The van der Waals surface area contributed by atoms with E-state index in [9.17, 15) is 9.59 Å². The molecule has 0 aromatic heterocycles. The number of nitrogens with zero attached hydrogens (tertiary/aromatic N) is 1. The molecule has 0 radical (unpaired) electrons. The Morgan fingerprint density at radius 2 is 2.00 bits per heavy atom. The van der Waals surface area contributed by atoms with Gasteiger partial charge in [-0.1, -0.05) is 19.1 Å². The van der Waals surface area contributed by atoms with Crippen LogP contribution in [0, 0.1) is 23.2 Å². The zero-order valence-corrected chi connectivity index (χ0v) is 14.0. The predicted molar refractivity (Wildman–Crippen MR) is 81.1 cm³/mol. The Labute approximate surface area is 131 Å². The summed E-state index contributed by atoms with van der Waals surface area (Å²) in [7, 11) is 1.38. The third-order valence-electron chi connectivity index (χ3n) is 5.37. The molecule has 5 atom stereocenters. The number of amides is 1. The van der Waals surface area contributed by atoms with E-state index < -0.39 is 17.7 Å². The molecule has 1 heterocycles. The fourth-order valence-electron chi connectivity index (χ4n) is 4.50. The number of likely N-dealkylation sites (tertiary alicyclic amines) is 1. The van der Waals surface area contributed by atoms with Gasteiger partial charge in [0.15, 0.2) is 0 Å². The lowest BCUT2D eigenvalue weighted by atomic mass is 9.75. The van der Waals surface area contributed by atoms with Gasteiger partial charge in [0.25, 0.3) is 0 Å². The van der Waals surface area contributed by atoms with Crippen molar-refractivity contribution in [3.63, 3.8) is 0 Å². The summed E-state index contributed by atoms with van der Waals surface area (Å²) in [6.45, 7) is 8.29. The van der Waals surface area contributed by atoms with Gasteiger partial charge in [0.1, 0.15) is 11.6 Å². The van der Waals surface area contributed by atoms with Crippen LogP contribution in [0.3, 0.4) is 0 Å². The first-order valence-corrected chi connectivity index (χ1v) is 7.93. The fourth-order valence-corrected chi connectivity index (χ4v) is 4.50. The quantitative estimate of drug-likeness (QED) is 0.552. The molecule has 2 fully saturated rings. The van der Waals surface area contributed by atoms with Gasteiger partial charge in [-0.2, -0.15) is 0 Å². The molecule has 1 saturated heterocycles. The fraction of sp³-hybridized carbons (Fsp3) is 0.765. The summed E-state index contributed by atoms with van der Waals surface area (Å²) in [5.41, 5.74) is -0.491. The third kappa shape index (κ3) is 2.22. The second-order valence-corrected chi connectivity index (χ2v) is 8.02. The van der Waals surface area contributed by atoms with E-state index >= 15 is 0 Å². The van der Waals surface area contributed by atoms with Crippen LogP contribution in [0.4, 0.5) is 4.79 Å². The Hall–Kier alpha value is -1.52. The Bertz CT molecular complexity index is 535. The standard InChI is InChI=1S/C17H25NO4/c1-16(2,3)22-15(20)18-9-11-12(13(18)14(19)21-5)10-6-7-17(11,4)8-10/h6-7,10-13H,8-9H2,1-5H3/t10-,11-,12-,13-,17+/m0/s1. The molecular weight excluding hydrogens is 282 g/mol. The second kappa shape index (κ2) is 4.74. The number of allylic oxidation sites excluding steroid dienone is 2. The highest BCUT2D eigenvalue weighted by Crippen LogP contribution is 2.60. The first kappa shape index (κ1) is 15.4. The van der Waals surface area contributed by atoms with Gasteiger partial charge < -0.3 is 9.47 Å². The van der Waals surface area contributed by atoms with Crippen LogP contribution in [-0.2, 0) is 14.3 Å². The molecule has 0 aromatic carbocycles. The average molecular weight is 307 g/mol. The molecule has 1 aliphatic heterocycles. The van der Waals surface area contributed by atoms with E-state index in [0.717, 1.165) is 6.42 Å². The van der Waals surface area contributed by atoms with Crippen LogP contribution in [0.15, 0.2) is 12.2 Å². The maximum Gasteiger partial charge on any atom is 0.411 e. The molecule has 0 unspecified atom stereocenters. The van der Waals surface area contributed by atoms with Gasteiger partial charge in [0, 0.05) is 12.5 Å². The number of rotatable bonds is 1. The lowest BCUT2D eigenvalue weighted by Gasteiger charge is -2.30. The summed E-state index contributed by atoms with van der Waals surface area (Å²) in [6.07, 6.45) is 5.11. The number of ether oxygens (including phenoxy) is 2. The molecule has 5 heteroatoms. The molecule has 0 aromatic rings. The van der Waals surface area contributed by atoms with Crippen molar-refractivity contribution in [3.05, 3.63) is 12.2 Å². The van der Waals surface area contributed by atoms with Gasteiger partial charge >= 0.3 is 12.1 Å². The number of fused-ring (bicyclic) bond motifs is 5. The van der Waals surface area contributed by atoms with E-state index in [1.54, 1.807) is 4.90 Å². The highest BCUT2D eigenvalue weighted by atomic mass is 16.6. The molecule has 0 spiro atoms. The molecule has 1 saturated carbocycles. The van der Waals surface area contributed by atoms with Crippen LogP contribution < -0.4 is 0 Å². The van der Waals surface area contributed by atoms with Crippen LogP contribution in [0.5, 0.6) is 0 Å². The monoisotopic (exact) mass is 307 g/mol. The second-order valence-electron chi connectivity index (χ2n) is 8.02. The summed E-state index contributed by atoms with van der Waals surface area (Å²) in [4.78, 5) is 26.4. The number of esters is 1. The van der Waals surface area contributed by atoms with E-state index in [0.29, 0.717) is 18.4 Å². The molecule has 2 bridgehead atoms. The predicted octanol–water partition coefficient (Wildman–Crippen LogP) is 2.61. The molecule has 22 heavy (non-hydrogen) atoms. The first-order chi connectivity index (χ1) is 10.2. The summed E-state index contributed by atoms with van der Waals surface area (Å²) < 4.78 is 10.5. The summed E-state index contributed by atoms with van der Waals surface area (Å²) >= 11 is 0. The Morgan fingerprint density at radius 1 is 1.32 bits per heavy atom. The van der Waals surface area contributed by atoms with Crippen molar-refractivity contribution in [2.24, 2.45) is 23.2 Å². The van der Waals surface area contributed by atoms with Crippen molar-refractivity contribution in [2.75, 3.05) is 13.7 Å². The SMILES string of the molecule is COC(=O)[C@@H]1[C@H]2[C@H]3C=C[C@](C)(C3)[C@H]2CN1C(=O)OC(C)(C)C. The summed E-state index contributed by atoms with van der Waals surface area (Å²) in [6, 6.07) is -0.526. The van der Waals surface area contributed by atoms with Crippen LogP contribution in [-0.4, -0.2) is 42.3 Å². The molecule has 122 valence electrons. The smallest absolute Gasteiger partial charge is 0.411 e. The Kier molecular flexibility index (Phi) is 3.31. The van der Waals surface area contributed by atoms with Crippen molar-refractivity contribution in [3.8, 4) is 0 Å². The first-order valence-electron chi connectivity index (χ1n) is 7.93. The van der Waals surface area contributed by atoms with E-state index in [1.165, 1.54) is 7.11 Å². The zero-order chi connectivity index (χ0) is 16.3. The summed E-state index contributed by atoms with van der Waals surface area (Å²) in [5.74, 6) is 0.475. The average Bonchev–Trinajstić information content (AvgIpc) is 3.03. The van der Waals surface area contributed by atoms with Gasteiger partial charge in [-0.05, 0) is 44.4 Å². The van der Waals surface area contributed by atoms with Crippen molar-refractivity contribution >= 4 is 12.1 Å². The Morgan fingerprint density at radius 3 is 2.59 bits per heavy atom. The number of hydrogen-bond acceptors (Lipinski definition) is 4. The normalized spacial score (nSPS) is 39.0. The van der Waals surface area contributed by atoms with Gasteiger partial charge in [-0.25, -0.2) is 9.59 Å². The lowest BCUT2D eigenvalue weighted by molar-refractivity contribution is -0.147. The maximum absolute atomic E-state index is 12.5. The molecule has 0 N–H and O–H groups in total. The number of methoxy groups -OCH3 is 1. The highest BCUT2D eigenvalue weighted by molar-refractivity contribution is 5.83. The van der Waals surface area contributed by atoms with Gasteiger partial charge in [-0.3, -0.25) is 4.90 Å². The largest absolute Gasteiger partial charge is 0.467 e.